The van der Waals surface area contributed by atoms with Gasteiger partial charge in [0.25, 0.3) is 0 Å². The number of aromatic nitrogens is 3. The molecule has 1 aromatic rings. The summed E-state index contributed by atoms with van der Waals surface area (Å²) in [6, 6.07) is 0. The minimum Gasteiger partial charge on any atom is -0.394 e. The van der Waals surface area contributed by atoms with Gasteiger partial charge in [-0.25, -0.2) is 0 Å². The van der Waals surface area contributed by atoms with Gasteiger partial charge in [0, 0.05) is 0 Å². The van der Waals surface area contributed by atoms with Crippen LogP contribution in [0.5, 0.6) is 0 Å². The summed E-state index contributed by atoms with van der Waals surface area (Å²) in [7, 11) is 0. The van der Waals surface area contributed by atoms with Crippen LogP contribution in [0.2, 0.25) is 0 Å². The predicted molar refractivity (Wildman–Crippen MR) is 43.4 cm³/mol. The lowest BCUT2D eigenvalue weighted by molar-refractivity contribution is -0.0298. The fourth-order valence-corrected chi connectivity index (χ4v) is 1.59. The molecule has 12 heavy (non-hydrogen) atoms. The van der Waals surface area contributed by atoms with Gasteiger partial charge in [-0.15, -0.1) is 10.2 Å². The summed E-state index contributed by atoms with van der Waals surface area (Å²) >= 11 is 3.26. The van der Waals surface area contributed by atoms with Crippen LogP contribution in [-0.2, 0) is 17.9 Å². The molecular weight excluding hydrogens is 226 g/mol. The standard InChI is InChI=1S/C6H8BrN3O2/c7-6-9-8-5-3-12-4(2-11)1-10(5)6/h4,11H,1-3H2. The lowest BCUT2D eigenvalue weighted by Gasteiger charge is -2.22. The minimum atomic E-state index is -0.134. The zero-order valence-corrected chi connectivity index (χ0v) is 7.86. The van der Waals surface area contributed by atoms with Gasteiger partial charge < -0.3 is 14.4 Å². The quantitative estimate of drug-likeness (QED) is 0.738. The molecule has 1 N–H and O–H groups in total. The molecule has 1 aliphatic rings. The fourth-order valence-electron chi connectivity index (χ4n) is 1.16. The number of halogens is 1. The Morgan fingerprint density at radius 1 is 1.67 bits per heavy atom. The summed E-state index contributed by atoms with van der Waals surface area (Å²) in [6.07, 6.45) is -0.134. The SMILES string of the molecule is OCC1Cn2c(Br)nnc2CO1. The van der Waals surface area contributed by atoms with Crippen LogP contribution in [0.1, 0.15) is 5.82 Å². The molecule has 0 saturated heterocycles. The first kappa shape index (κ1) is 8.15. The first-order valence-corrected chi connectivity index (χ1v) is 4.40. The average Bonchev–Trinajstić information content (AvgIpc) is 2.47. The zero-order chi connectivity index (χ0) is 8.55. The lowest BCUT2D eigenvalue weighted by Crippen LogP contribution is -2.30. The molecule has 0 radical (unpaired) electrons. The van der Waals surface area contributed by atoms with Crippen LogP contribution in [0.25, 0.3) is 0 Å². The van der Waals surface area contributed by atoms with Gasteiger partial charge in [-0.1, -0.05) is 0 Å². The summed E-state index contributed by atoms with van der Waals surface area (Å²) in [5.74, 6) is 0.798. The highest BCUT2D eigenvalue weighted by molar-refractivity contribution is 9.10. The smallest absolute Gasteiger partial charge is 0.200 e. The highest BCUT2D eigenvalue weighted by Gasteiger charge is 2.21. The molecule has 6 heteroatoms. The summed E-state index contributed by atoms with van der Waals surface area (Å²) in [5.41, 5.74) is 0. The van der Waals surface area contributed by atoms with Crippen molar-refractivity contribution in [3.05, 3.63) is 10.6 Å². The maximum Gasteiger partial charge on any atom is 0.200 e. The molecule has 1 atom stereocenters. The summed E-state index contributed by atoms with van der Waals surface area (Å²) in [6.45, 7) is 1.06. The molecule has 0 amide bonds. The number of aliphatic hydroxyl groups excluding tert-OH is 1. The maximum absolute atomic E-state index is 8.85. The Morgan fingerprint density at radius 2 is 2.50 bits per heavy atom. The average molecular weight is 234 g/mol. The first-order chi connectivity index (χ1) is 5.81. The second-order valence-corrected chi connectivity index (χ2v) is 3.32. The molecule has 0 bridgehead atoms. The van der Waals surface area contributed by atoms with Crippen molar-refractivity contribution in [2.45, 2.75) is 19.3 Å². The van der Waals surface area contributed by atoms with Gasteiger partial charge in [0.05, 0.1) is 19.3 Å². The molecule has 1 aliphatic heterocycles. The van der Waals surface area contributed by atoms with Gasteiger partial charge in [0.2, 0.25) is 0 Å². The second kappa shape index (κ2) is 3.12. The number of fused-ring (bicyclic) bond motifs is 1. The van der Waals surface area contributed by atoms with Crippen molar-refractivity contribution in [1.29, 1.82) is 0 Å². The molecule has 1 unspecified atom stereocenters. The van der Waals surface area contributed by atoms with Gasteiger partial charge in [-0.05, 0) is 15.9 Å². The normalized spacial score (nSPS) is 22.3. The molecule has 2 rings (SSSR count). The number of hydrogen-bond acceptors (Lipinski definition) is 4. The van der Waals surface area contributed by atoms with E-state index < -0.39 is 0 Å². The largest absolute Gasteiger partial charge is 0.394 e. The highest BCUT2D eigenvalue weighted by atomic mass is 79.9. The third-order valence-corrected chi connectivity index (χ3v) is 2.41. The van der Waals surface area contributed by atoms with E-state index in [0.717, 1.165) is 5.82 Å². The first-order valence-electron chi connectivity index (χ1n) is 3.61. The Bertz CT molecular complexity index is 288. The number of ether oxygens (including phenoxy) is 1. The van der Waals surface area contributed by atoms with Crippen LogP contribution in [0.3, 0.4) is 0 Å². The molecule has 0 aliphatic carbocycles. The molecule has 0 aromatic carbocycles. The number of hydrogen-bond donors (Lipinski definition) is 1. The molecule has 1 aromatic heterocycles. The van der Waals surface area contributed by atoms with Crippen molar-refractivity contribution in [3.63, 3.8) is 0 Å². The van der Waals surface area contributed by atoms with Gasteiger partial charge in [-0.3, -0.25) is 0 Å². The van der Waals surface area contributed by atoms with Crippen molar-refractivity contribution >= 4 is 15.9 Å². The Labute approximate surface area is 77.5 Å². The van der Waals surface area contributed by atoms with E-state index in [2.05, 4.69) is 26.1 Å². The van der Waals surface area contributed by atoms with E-state index in [0.29, 0.717) is 17.9 Å². The van der Waals surface area contributed by atoms with E-state index >= 15 is 0 Å². The van der Waals surface area contributed by atoms with Crippen LogP contribution in [0, 0.1) is 0 Å². The molecule has 0 spiro atoms. The van der Waals surface area contributed by atoms with Crippen molar-refractivity contribution in [2.24, 2.45) is 0 Å². The summed E-state index contributed by atoms with van der Waals surface area (Å²) < 4.78 is 7.86. The summed E-state index contributed by atoms with van der Waals surface area (Å²) in [5, 5.41) is 16.6. The molecule has 66 valence electrons. The van der Waals surface area contributed by atoms with E-state index in [1.165, 1.54) is 0 Å². The van der Waals surface area contributed by atoms with Gasteiger partial charge in [-0.2, -0.15) is 0 Å². The van der Waals surface area contributed by atoms with Crippen molar-refractivity contribution < 1.29 is 9.84 Å². The highest BCUT2D eigenvalue weighted by Crippen LogP contribution is 2.16. The van der Waals surface area contributed by atoms with E-state index in [-0.39, 0.29) is 12.7 Å². The zero-order valence-electron chi connectivity index (χ0n) is 6.27. The molecule has 0 fully saturated rings. The Morgan fingerprint density at radius 3 is 3.25 bits per heavy atom. The monoisotopic (exact) mass is 233 g/mol. The Balaban J connectivity index is 2.26. The Kier molecular flexibility index (Phi) is 2.12. The topological polar surface area (TPSA) is 60.2 Å². The van der Waals surface area contributed by atoms with Crippen LogP contribution in [0.15, 0.2) is 4.73 Å². The summed E-state index contributed by atoms with van der Waals surface area (Å²) in [4.78, 5) is 0. The van der Waals surface area contributed by atoms with E-state index in [4.69, 9.17) is 9.84 Å². The molecule has 2 heterocycles. The van der Waals surface area contributed by atoms with Gasteiger partial charge in [0.1, 0.15) is 6.61 Å². The van der Waals surface area contributed by atoms with Crippen molar-refractivity contribution in [3.8, 4) is 0 Å². The van der Waals surface area contributed by atoms with E-state index in [1.807, 2.05) is 4.57 Å². The lowest BCUT2D eigenvalue weighted by atomic mass is 10.3. The van der Waals surface area contributed by atoms with Gasteiger partial charge in [0.15, 0.2) is 10.6 Å². The molecule has 5 nitrogen and oxygen atoms in total. The third-order valence-electron chi connectivity index (χ3n) is 1.82. The fraction of sp³-hybridized carbons (Fsp3) is 0.667. The van der Waals surface area contributed by atoms with Crippen LogP contribution in [0.4, 0.5) is 0 Å². The number of aliphatic hydroxyl groups is 1. The van der Waals surface area contributed by atoms with E-state index in [1.54, 1.807) is 0 Å². The maximum atomic E-state index is 8.85. The van der Waals surface area contributed by atoms with Crippen LogP contribution < -0.4 is 0 Å². The van der Waals surface area contributed by atoms with Crippen molar-refractivity contribution in [1.82, 2.24) is 14.8 Å². The van der Waals surface area contributed by atoms with Crippen LogP contribution in [-0.4, -0.2) is 32.6 Å². The second-order valence-electron chi connectivity index (χ2n) is 2.61. The molecule has 0 saturated carbocycles. The van der Waals surface area contributed by atoms with E-state index in [9.17, 15) is 0 Å². The van der Waals surface area contributed by atoms with Gasteiger partial charge >= 0.3 is 0 Å². The minimum absolute atomic E-state index is 0.0318. The third kappa shape index (κ3) is 1.26. The predicted octanol–water partition coefficient (Wildman–Crippen LogP) is -0.0683. The van der Waals surface area contributed by atoms with Crippen LogP contribution >= 0.6 is 15.9 Å². The Hall–Kier alpha value is -0.460. The number of rotatable bonds is 1. The number of nitrogens with zero attached hydrogens (tertiary/aromatic N) is 3. The van der Waals surface area contributed by atoms with Crippen molar-refractivity contribution in [2.75, 3.05) is 6.61 Å². The molecular formula is C6H8BrN3O2.